The number of nitrogens with zero attached hydrogens (tertiary/aromatic N) is 2. The number of hydrogen-bond acceptors (Lipinski definition) is 4. The quantitative estimate of drug-likeness (QED) is 0.0803. The lowest BCUT2D eigenvalue weighted by atomic mass is 10.1. The Morgan fingerprint density at radius 2 is 1.56 bits per heavy atom. The number of aryl methyl sites for hydroxylation is 1. The molecule has 0 radical (unpaired) electrons. The fourth-order valence-electron chi connectivity index (χ4n) is 4.39. The van der Waals surface area contributed by atoms with Gasteiger partial charge in [0.2, 0.25) is 0 Å². The van der Waals surface area contributed by atoms with Crippen LogP contribution in [0.3, 0.4) is 0 Å². The molecule has 226 valence electrons. The lowest BCUT2D eigenvalue weighted by Gasteiger charge is -2.24. The largest absolute Gasteiger partial charge is 0.349 e. The number of nitrogens with one attached hydrogen (secondary N) is 2. The van der Waals surface area contributed by atoms with E-state index in [0.29, 0.717) is 23.0 Å². The van der Waals surface area contributed by atoms with Crippen LogP contribution in [-0.4, -0.2) is 39.9 Å². The number of carbonyl (C=O) groups excluding carboxylic acids is 1. The van der Waals surface area contributed by atoms with Gasteiger partial charge in [0.15, 0.2) is 5.17 Å². The van der Waals surface area contributed by atoms with Crippen LogP contribution in [0.15, 0.2) is 47.5 Å². The van der Waals surface area contributed by atoms with Crippen LogP contribution < -0.4 is 10.6 Å². The highest BCUT2D eigenvalue weighted by molar-refractivity contribution is 8.13. The monoisotopic (exact) mass is 616 g/mol. The maximum atomic E-state index is 13.7. The van der Waals surface area contributed by atoms with Gasteiger partial charge in [-0.2, -0.15) is 0 Å². The molecule has 0 fully saturated rings. The second kappa shape index (κ2) is 20.7. The van der Waals surface area contributed by atoms with Crippen molar-refractivity contribution in [3.05, 3.63) is 58.6 Å². The van der Waals surface area contributed by atoms with Crippen molar-refractivity contribution in [2.45, 2.75) is 98.3 Å². The average Bonchev–Trinajstić information content (AvgIpc) is 2.95. The number of rotatable bonds is 17. The summed E-state index contributed by atoms with van der Waals surface area (Å²) in [4.78, 5) is 21.1. The zero-order valence-corrected chi connectivity index (χ0v) is 27.8. The van der Waals surface area contributed by atoms with Crippen molar-refractivity contribution in [1.82, 2.24) is 4.90 Å². The van der Waals surface area contributed by atoms with E-state index in [9.17, 15) is 4.79 Å². The fourth-order valence-corrected chi connectivity index (χ4v) is 5.57. The highest BCUT2D eigenvalue weighted by atomic mass is 35.5. The van der Waals surface area contributed by atoms with Crippen molar-refractivity contribution in [2.75, 3.05) is 29.5 Å². The van der Waals surface area contributed by atoms with Gasteiger partial charge in [0.1, 0.15) is 0 Å². The summed E-state index contributed by atoms with van der Waals surface area (Å²) in [5.74, 6) is 0.873. The van der Waals surface area contributed by atoms with Crippen LogP contribution >= 0.6 is 35.6 Å². The first-order chi connectivity index (χ1) is 19.9. The molecule has 0 saturated carbocycles. The summed E-state index contributed by atoms with van der Waals surface area (Å²) in [6.07, 6.45) is 12.3. The van der Waals surface area contributed by atoms with Crippen LogP contribution in [0.5, 0.6) is 0 Å². The van der Waals surface area contributed by atoms with Crippen molar-refractivity contribution in [3.8, 4) is 0 Å². The molecule has 2 rings (SSSR count). The molecule has 2 aromatic rings. The lowest BCUT2D eigenvalue weighted by molar-refractivity contribution is 0.233. The number of thiocarbonyl (C=S) groups is 1. The van der Waals surface area contributed by atoms with Gasteiger partial charge in [-0.1, -0.05) is 126 Å². The Hall–Kier alpha value is -2.09. The van der Waals surface area contributed by atoms with Crippen LogP contribution in [0.4, 0.5) is 16.2 Å². The molecular weight excluding hydrogens is 568 g/mol. The van der Waals surface area contributed by atoms with Gasteiger partial charge in [0.25, 0.3) is 0 Å². The van der Waals surface area contributed by atoms with Gasteiger partial charge in [0.05, 0.1) is 4.99 Å². The Morgan fingerprint density at radius 3 is 2.22 bits per heavy atom. The summed E-state index contributed by atoms with van der Waals surface area (Å²) in [7, 11) is 0. The van der Waals surface area contributed by atoms with Gasteiger partial charge in [-0.05, 0) is 60.9 Å². The first-order valence-corrected chi connectivity index (χ1v) is 17.1. The van der Waals surface area contributed by atoms with Crippen molar-refractivity contribution in [2.24, 2.45) is 4.99 Å². The molecule has 0 aliphatic rings. The minimum Gasteiger partial charge on any atom is -0.349 e. The number of aliphatic imine (C=N–C) groups is 1. The third-order valence-electron chi connectivity index (χ3n) is 6.78. The minimum atomic E-state index is -0.135. The topological polar surface area (TPSA) is 56.7 Å². The van der Waals surface area contributed by atoms with Gasteiger partial charge in [-0.15, -0.1) is 0 Å². The molecule has 0 spiro atoms. The first-order valence-electron chi connectivity index (χ1n) is 15.3. The second-order valence-electron chi connectivity index (χ2n) is 10.4. The van der Waals surface area contributed by atoms with E-state index in [0.717, 1.165) is 59.2 Å². The molecule has 0 unspecified atom stereocenters. The van der Waals surface area contributed by atoms with E-state index in [1.165, 1.54) is 44.9 Å². The number of benzene rings is 2. The summed E-state index contributed by atoms with van der Waals surface area (Å²) in [5, 5.41) is 8.04. The van der Waals surface area contributed by atoms with Crippen molar-refractivity contribution >= 4 is 63.1 Å². The second-order valence-corrected chi connectivity index (χ2v) is 12.5. The van der Waals surface area contributed by atoms with E-state index in [-0.39, 0.29) is 6.03 Å². The Balaban J connectivity index is 2.12. The Labute approximate surface area is 263 Å². The number of amides is 2. The van der Waals surface area contributed by atoms with Crippen LogP contribution in [-0.2, 0) is 6.42 Å². The number of halogens is 1. The summed E-state index contributed by atoms with van der Waals surface area (Å²) >= 11 is 13.3. The lowest BCUT2D eigenvalue weighted by Crippen LogP contribution is -2.39. The van der Waals surface area contributed by atoms with Crippen LogP contribution in [0.2, 0.25) is 5.02 Å². The highest BCUT2D eigenvalue weighted by Gasteiger charge is 2.20. The third kappa shape index (κ3) is 14.1. The number of urea groups is 1. The van der Waals surface area contributed by atoms with Gasteiger partial charge in [-0.3, -0.25) is 9.89 Å². The predicted molar refractivity (Wildman–Crippen MR) is 186 cm³/mol. The van der Waals surface area contributed by atoms with Crippen LogP contribution in [0.25, 0.3) is 0 Å². The van der Waals surface area contributed by atoms with E-state index >= 15 is 0 Å². The Bertz CT molecular complexity index is 1090. The van der Waals surface area contributed by atoms with Crippen molar-refractivity contribution in [1.29, 1.82) is 0 Å². The molecule has 0 aliphatic carbocycles. The number of unbranched alkanes of at least 4 members (excludes halogenated alkanes) is 8. The molecule has 0 aliphatic heterocycles. The molecular formula is C33H49ClN4OS2. The normalized spacial score (nSPS) is 11.4. The van der Waals surface area contributed by atoms with Gasteiger partial charge < -0.3 is 10.6 Å². The summed E-state index contributed by atoms with van der Waals surface area (Å²) < 4.78 is 0. The number of thioether (sulfide) groups is 1. The van der Waals surface area contributed by atoms with Crippen molar-refractivity contribution in [3.63, 3.8) is 0 Å². The molecule has 5 nitrogen and oxygen atoms in total. The molecule has 0 atom stereocenters. The predicted octanol–water partition coefficient (Wildman–Crippen LogP) is 10.5. The molecule has 0 saturated heterocycles. The maximum absolute atomic E-state index is 13.7. The zero-order valence-electron chi connectivity index (χ0n) is 25.4. The van der Waals surface area contributed by atoms with Crippen molar-refractivity contribution < 1.29 is 4.79 Å². The molecule has 2 amide bonds. The molecule has 0 bridgehead atoms. The molecule has 41 heavy (non-hydrogen) atoms. The molecule has 2 aromatic carbocycles. The average molecular weight is 617 g/mol. The van der Waals surface area contributed by atoms with E-state index < -0.39 is 0 Å². The maximum Gasteiger partial charge on any atom is 0.327 e. The Kier molecular flexibility index (Phi) is 17.8. The molecule has 0 heterocycles. The zero-order chi connectivity index (χ0) is 29.9. The van der Waals surface area contributed by atoms with Crippen LogP contribution in [0.1, 0.15) is 96.1 Å². The summed E-state index contributed by atoms with van der Waals surface area (Å²) in [6, 6.07) is 13.5. The fraction of sp³-hybridized carbons (Fsp3) is 0.545. The number of amidine groups is 1. The molecule has 0 aromatic heterocycles. The van der Waals surface area contributed by atoms with Gasteiger partial charge in [0, 0.05) is 35.9 Å². The standard InChI is InChI=1S/C33H49ClN4OS2/c1-5-8-10-12-14-22-35-33(41-7-3)38(23-15-13-11-9-6-2)32(39)36-29-21-16-26(4)30(25-29)37-31(40)24-27-17-19-28(34)20-18-27/h16-21,25H,5-15,22-24H2,1-4H3,(H,36,39)(H,37,40). The number of anilines is 2. The van der Waals surface area contributed by atoms with Crippen LogP contribution in [0, 0.1) is 6.92 Å². The number of carbonyl (C=O) groups is 1. The summed E-state index contributed by atoms with van der Waals surface area (Å²) in [5.41, 5.74) is 3.76. The minimum absolute atomic E-state index is 0.135. The van der Waals surface area contributed by atoms with E-state index in [4.69, 9.17) is 28.8 Å². The van der Waals surface area contributed by atoms with E-state index in [1.54, 1.807) is 11.8 Å². The van der Waals surface area contributed by atoms with E-state index in [1.807, 2.05) is 54.3 Å². The Morgan fingerprint density at radius 1 is 0.902 bits per heavy atom. The third-order valence-corrected chi connectivity index (χ3v) is 8.18. The van der Waals surface area contributed by atoms with Gasteiger partial charge >= 0.3 is 6.03 Å². The summed E-state index contributed by atoms with van der Waals surface area (Å²) in [6.45, 7) is 10.0. The molecule has 8 heteroatoms. The van der Waals surface area contributed by atoms with Gasteiger partial charge in [-0.25, -0.2) is 4.79 Å². The smallest absolute Gasteiger partial charge is 0.327 e. The SMILES string of the molecule is CCCCCCCN=C(SCC)N(CCCCCCC)C(=O)Nc1ccc(C)c(NC(=S)Cc2ccc(Cl)cc2)c1. The molecule has 2 N–H and O–H groups in total. The van der Waals surface area contributed by atoms with E-state index in [2.05, 4.69) is 31.4 Å². The number of hydrogen-bond donors (Lipinski definition) is 2. The highest BCUT2D eigenvalue weighted by Crippen LogP contribution is 2.23. The first kappa shape index (κ1) is 35.1.